The van der Waals surface area contributed by atoms with Crippen LogP contribution >= 0.6 is 11.3 Å². The second-order valence-corrected chi connectivity index (χ2v) is 7.86. The van der Waals surface area contributed by atoms with Gasteiger partial charge in [-0.15, -0.1) is 11.3 Å². The summed E-state index contributed by atoms with van der Waals surface area (Å²) in [5.41, 5.74) is 3.59. The molecule has 0 spiro atoms. The van der Waals surface area contributed by atoms with Crippen LogP contribution in [0.15, 0.2) is 66.3 Å². The molecule has 2 heterocycles. The number of thiazole rings is 1. The molecule has 0 atom stereocenters. The first-order valence-electron chi connectivity index (χ1n) is 10.1. The van der Waals surface area contributed by atoms with Crippen molar-refractivity contribution < 1.29 is 19.0 Å². The molecule has 0 N–H and O–H groups in total. The van der Waals surface area contributed by atoms with E-state index in [1.807, 2.05) is 60.1 Å². The summed E-state index contributed by atoms with van der Waals surface area (Å²) in [5.74, 6) is 1.04. The topological polar surface area (TPSA) is 75.5 Å². The van der Waals surface area contributed by atoms with Crippen molar-refractivity contribution in [1.29, 1.82) is 0 Å². The number of ether oxygens (including phenoxy) is 3. The van der Waals surface area contributed by atoms with Gasteiger partial charge in [0.15, 0.2) is 11.5 Å². The number of carbonyl (C=O) groups excluding carboxylic acids is 1. The van der Waals surface area contributed by atoms with Gasteiger partial charge in [-0.1, -0.05) is 18.2 Å². The van der Waals surface area contributed by atoms with Crippen LogP contribution in [0.25, 0.3) is 16.3 Å². The molecule has 164 valence electrons. The van der Waals surface area contributed by atoms with Crippen molar-refractivity contribution in [2.24, 2.45) is 0 Å². The van der Waals surface area contributed by atoms with Crippen LogP contribution in [0.3, 0.4) is 0 Å². The molecule has 0 radical (unpaired) electrons. The molecule has 7 nitrogen and oxygen atoms in total. The Kier molecular flexibility index (Phi) is 6.81. The van der Waals surface area contributed by atoms with Gasteiger partial charge in [-0.25, -0.2) is 9.67 Å². The predicted octanol–water partition coefficient (Wildman–Crippen LogP) is 4.69. The number of carbonyl (C=O) groups is 1. The van der Waals surface area contributed by atoms with Crippen LogP contribution in [0, 0.1) is 0 Å². The highest BCUT2D eigenvalue weighted by atomic mass is 32.1. The third kappa shape index (κ3) is 5.15. The van der Waals surface area contributed by atoms with Gasteiger partial charge in [0.1, 0.15) is 11.6 Å². The Morgan fingerprint density at radius 1 is 1.06 bits per heavy atom. The minimum Gasteiger partial charge on any atom is -0.493 e. The first kappa shape index (κ1) is 21.6. The molecule has 0 bridgehead atoms. The third-order valence-electron chi connectivity index (χ3n) is 4.84. The van der Waals surface area contributed by atoms with Crippen LogP contribution in [0.4, 0.5) is 0 Å². The zero-order valence-corrected chi connectivity index (χ0v) is 18.7. The fourth-order valence-corrected chi connectivity index (χ4v) is 3.96. The van der Waals surface area contributed by atoms with Gasteiger partial charge < -0.3 is 14.2 Å². The Hall–Kier alpha value is -3.65. The van der Waals surface area contributed by atoms with Crippen LogP contribution in [0.5, 0.6) is 11.5 Å². The summed E-state index contributed by atoms with van der Waals surface area (Å²) in [7, 11) is 3.20. The summed E-state index contributed by atoms with van der Waals surface area (Å²) >= 11 is 1.49. The van der Waals surface area contributed by atoms with Crippen LogP contribution < -0.4 is 9.47 Å². The lowest BCUT2D eigenvalue weighted by Gasteiger charge is -2.08. The fraction of sp³-hybridized carbons (Fsp3) is 0.208. The SMILES string of the molecule is COc1ccc(-c2nc(COC(=O)CCc3cnn(-c4ccccc4)c3)cs2)cc1OC. The van der Waals surface area contributed by atoms with E-state index in [-0.39, 0.29) is 19.0 Å². The van der Waals surface area contributed by atoms with Gasteiger partial charge >= 0.3 is 5.97 Å². The van der Waals surface area contributed by atoms with Crippen LogP contribution in [-0.4, -0.2) is 35.0 Å². The first-order chi connectivity index (χ1) is 15.7. The van der Waals surface area contributed by atoms with Crippen molar-refractivity contribution in [3.63, 3.8) is 0 Å². The Bertz CT molecular complexity index is 1190. The Labute approximate surface area is 190 Å². The van der Waals surface area contributed by atoms with E-state index >= 15 is 0 Å². The lowest BCUT2D eigenvalue weighted by molar-refractivity contribution is -0.145. The van der Waals surface area contributed by atoms with Gasteiger partial charge in [-0.3, -0.25) is 4.79 Å². The molecular weight excluding hydrogens is 426 g/mol. The first-order valence-corrected chi connectivity index (χ1v) is 11.0. The predicted molar refractivity (Wildman–Crippen MR) is 122 cm³/mol. The van der Waals surface area contributed by atoms with E-state index in [9.17, 15) is 4.79 Å². The van der Waals surface area contributed by atoms with Crippen molar-refractivity contribution in [3.05, 3.63) is 77.6 Å². The average molecular weight is 450 g/mol. The highest BCUT2D eigenvalue weighted by Crippen LogP contribution is 2.33. The monoisotopic (exact) mass is 449 g/mol. The van der Waals surface area contributed by atoms with Gasteiger partial charge in [-0.2, -0.15) is 5.10 Å². The Morgan fingerprint density at radius 3 is 2.66 bits per heavy atom. The molecule has 0 unspecified atom stereocenters. The molecule has 2 aromatic carbocycles. The molecule has 2 aromatic heterocycles. The molecule has 0 aliphatic rings. The van der Waals surface area contributed by atoms with E-state index < -0.39 is 0 Å². The van der Waals surface area contributed by atoms with Gasteiger partial charge in [0.2, 0.25) is 0 Å². The molecule has 0 saturated heterocycles. The van der Waals surface area contributed by atoms with Gasteiger partial charge in [0.05, 0.1) is 31.8 Å². The zero-order valence-electron chi connectivity index (χ0n) is 17.9. The summed E-state index contributed by atoms with van der Waals surface area (Å²) in [6, 6.07) is 15.5. The highest BCUT2D eigenvalue weighted by Gasteiger charge is 2.12. The second-order valence-electron chi connectivity index (χ2n) is 7.00. The lowest BCUT2D eigenvalue weighted by atomic mass is 10.2. The molecular formula is C24H23N3O4S. The molecule has 0 amide bonds. The van der Waals surface area contributed by atoms with Crippen molar-refractivity contribution >= 4 is 17.3 Å². The molecule has 4 aromatic rings. The standard InChI is InChI=1S/C24H23N3O4S/c1-29-21-10-9-18(12-22(21)30-2)24-26-19(16-32-24)15-31-23(28)11-8-17-13-25-27(14-17)20-6-4-3-5-7-20/h3-7,9-10,12-14,16H,8,11,15H2,1-2H3. The van der Waals surface area contributed by atoms with Crippen molar-refractivity contribution in [1.82, 2.24) is 14.8 Å². The van der Waals surface area contributed by atoms with Gasteiger partial charge in [-0.05, 0) is 42.3 Å². The maximum atomic E-state index is 12.2. The number of methoxy groups -OCH3 is 2. The number of nitrogens with zero attached hydrogens (tertiary/aromatic N) is 3. The number of aryl methyl sites for hydroxylation is 1. The van der Waals surface area contributed by atoms with E-state index in [1.54, 1.807) is 25.1 Å². The van der Waals surface area contributed by atoms with Crippen LogP contribution in [-0.2, 0) is 22.6 Å². The molecule has 0 saturated carbocycles. The highest BCUT2D eigenvalue weighted by molar-refractivity contribution is 7.13. The molecule has 4 rings (SSSR count). The fourth-order valence-electron chi connectivity index (χ4n) is 3.16. The number of rotatable bonds is 9. The molecule has 8 heteroatoms. The largest absolute Gasteiger partial charge is 0.493 e. The van der Waals surface area contributed by atoms with Gasteiger partial charge in [0, 0.05) is 23.6 Å². The number of hydrogen-bond acceptors (Lipinski definition) is 7. The third-order valence-corrected chi connectivity index (χ3v) is 5.78. The molecule has 0 aliphatic carbocycles. The summed E-state index contributed by atoms with van der Waals surface area (Å²) in [6.45, 7) is 0.145. The van der Waals surface area contributed by atoms with E-state index in [0.29, 0.717) is 23.6 Å². The van der Waals surface area contributed by atoms with Crippen molar-refractivity contribution in [3.8, 4) is 27.8 Å². The van der Waals surface area contributed by atoms with Crippen molar-refractivity contribution in [2.75, 3.05) is 14.2 Å². The number of esters is 1. The minimum atomic E-state index is -0.266. The van der Waals surface area contributed by atoms with E-state index in [1.165, 1.54) is 11.3 Å². The second kappa shape index (κ2) is 10.1. The van der Waals surface area contributed by atoms with Crippen LogP contribution in [0.1, 0.15) is 17.7 Å². The smallest absolute Gasteiger partial charge is 0.306 e. The quantitative estimate of drug-likeness (QED) is 0.345. The van der Waals surface area contributed by atoms with Crippen LogP contribution in [0.2, 0.25) is 0 Å². The Balaban J connectivity index is 1.29. The average Bonchev–Trinajstić information content (AvgIpc) is 3.51. The summed E-state index contributed by atoms with van der Waals surface area (Å²) in [5, 5.41) is 7.07. The molecule has 0 aliphatic heterocycles. The van der Waals surface area contributed by atoms with E-state index in [4.69, 9.17) is 14.2 Å². The Morgan fingerprint density at radius 2 is 1.88 bits per heavy atom. The number of benzene rings is 2. The molecule has 32 heavy (non-hydrogen) atoms. The lowest BCUT2D eigenvalue weighted by Crippen LogP contribution is -2.06. The maximum Gasteiger partial charge on any atom is 0.306 e. The molecule has 0 fully saturated rings. The van der Waals surface area contributed by atoms with E-state index in [0.717, 1.165) is 21.8 Å². The number of aromatic nitrogens is 3. The zero-order chi connectivity index (χ0) is 22.3. The maximum absolute atomic E-state index is 12.2. The van der Waals surface area contributed by atoms with Crippen molar-refractivity contribution in [2.45, 2.75) is 19.4 Å². The minimum absolute atomic E-state index is 0.145. The summed E-state index contributed by atoms with van der Waals surface area (Å²) in [6.07, 6.45) is 4.56. The number of hydrogen-bond donors (Lipinski definition) is 0. The normalized spacial score (nSPS) is 10.7. The summed E-state index contributed by atoms with van der Waals surface area (Å²) in [4.78, 5) is 16.8. The van der Waals surface area contributed by atoms with E-state index in [2.05, 4.69) is 10.1 Å². The summed E-state index contributed by atoms with van der Waals surface area (Å²) < 4.78 is 17.8. The van der Waals surface area contributed by atoms with Gasteiger partial charge in [0.25, 0.3) is 0 Å². The number of para-hydroxylation sites is 1.